The van der Waals surface area contributed by atoms with E-state index in [9.17, 15) is 4.79 Å². The van der Waals surface area contributed by atoms with E-state index in [1.54, 1.807) is 0 Å². The van der Waals surface area contributed by atoms with Gasteiger partial charge in [0.1, 0.15) is 6.04 Å². The maximum atomic E-state index is 12.9. The number of benzene rings is 1. The molecule has 2 rings (SSSR count). The highest BCUT2D eigenvalue weighted by molar-refractivity contribution is 5.83. The van der Waals surface area contributed by atoms with Gasteiger partial charge in [-0.1, -0.05) is 51.1 Å². The van der Waals surface area contributed by atoms with E-state index < -0.39 is 0 Å². The Morgan fingerprint density at radius 1 is 1.32 bits per heavy atom. The smallest absolute Gasteiger partial charge is 0.242 e. The molecule has 1 fully saturated rings. The lowest BCUT2D eigenvalue weighted by atomic mass is 9.94. The number of likely N-dealkylation sites (N-methyl/N-ethyl adjacent to an activating group) is 1. The summed E-state index contributed by atoms with van der Waals surface area (Å²) in [4.78, 5) is 15.2. The number of hydrogen-bond acceptors (Lipinski definition) is 3. The summed E-state index contributed by atoms with van der Waals surface area (Å²) in [5, 5.41) is 6.68. The third-order valence-corrected chi connectivity index (χ3v) is 4.65. The average molecular weight is 303 g/mol. The summed E-state index contributed by atoms with van der Waals surface area (Å²) in [6.45, 7) is 10.1. The van der Waals surface area contributed by atoms with Crippen LogP contribution in [0.2, 0.25) is 0 Å². The lowest BCUT2D eigenvalue weighted by Crippen LogP contribution is -2.51. The van der Waals surface area contributed by atoms with E-state index in [0.717, 1.165) is 38.2 Å². The highest BCUT2D eigenvalue weighted by Gasteiger charge is 2.29. The fourth-order valence-electron chi connectivity index (χ4n) is 3.24. The maximum absolute atomic E-state index is 12.9. The number of piperidine rings is 1. The molecule has 1 aromatic rings. The molecular weight excluding hydrogens is 274 g/mol. The summed E-state index contributed by atoms with van der Waals surface area (Å²) in [5.74, 6) is 0.611. The van der Waals surface area contributed by atoms with Crippen molar-refractivity contribution < 1.29 is 4.79 Å². The molecule has 4 nitrogen and oxygen atoms in total. The molecule has 4 heteroatoms. The predicted octanol–water partition coefficient (Wildman–Crippen LogP) is 2.18. The van der Waals surface area contributed by atoms with E-state index in [0.29, 0.717) is 5.92 Å². The van der Waals surface area contributed by atoms with Crippen molar-refractivity contribution in [1.82, 2.24) is 15.5 Å². The van der Waals surface area contributed by atoms with Crippen molar-refractivity contribution in [1.29, 1.82) is 0 Å². The molecule has 1 aromatic carbocycles. The summed E-state index contributed by atoms with van der Waals surface area (Å²) in [5.41, 5.74) is 1.07. The molecule has 0 saturated carbocycles. The first kappa shape index (κ1) is 17.0. The molecule has 1 saturated heterocycles. The van der Waals surface area contributed by atoms with E-state index in [4.69, 9.17) is 0 Å². The van der Waals surface area contributed by atoms with Crippen LogP contribution in [0, 0.1) is 5.92 Å². The minimum absolute atomic E-state index is 0.133. The van der Waals surface area contributed by atoms with Gasteiger partial charge in [0.25, 0.3) is 0 Å². The van der Waals surface area contributed by atoms with Gasteiger partial charge in [0.05, 0.1) is 0 Å². The van der Waals surface area contributed by atoms with Crippen molar-refractivity contribution in [2.24, 2.45) is 5.92 Å². The fraction of sp³-hybridized carbons (Fsp3) is 0.611. The van der Waals surface area contributed by atoms with Gasteiger partial charge in [-0.15, -0.1) is 0 Å². The largest absolute Gasteiger partial charge is 0.351 e. The van der Waals surface area contributed by atoms with Crippen LogP contribution >= 0.6 is 0 Å². The monoisotopic (exact) mass is 303 g/mol. The topological polar surface area (TPSA) is 44.4 Å². The standard InChI is InChI=1S/C18H29N3O/c1-4-21(5-2)17(15-9-7-6-8-10-15)18(22)20-16-11-12-19-13-14(16)3/h6-10,14,16-17,19H,4-5,11-13H2,1-3H3,(H,20,22). The van der Waals surface area contributed by atoms with Gasteiger partial charge in [-0.05, 0) is 44.1 Å². The Morgan fingerprint density at radius 3 is 2.59 bits per heavy atom. The van der Waals surface area contributed by atoms with Crippen molar-refractivity contribution in [3.63, 3.8) is 0 Å². The van der Waals surface area contributed by atoms with Crippen molar-refractivity contribution in [3.05, 3.63) is 35.9 Å². The van der Waals surface area contributed by atoms with E-state index in [1.165, 1.54) is 0 Å². The Hall–Kier alpha value is -1.39. The van der Waals surface area contributed by atoms with Crippen LogP contribution in [-0.4, -0.2) is 43.0 Å². The summed E-state index contributed by atoms with van der Waals surface area (Å²) in [7, 11) is 0. The molecule has 3 unspecified atom stereocenters. The van der Waals surface area contributed by atoms with Gasteiger partial charge < -0.3 is 10.6 Å². The second kappa shape index (κ2) is 8.30. The van der Waals surface area contributed by atoms with Gasteiger partial charge in [0.2, 0.25) is 5.91 Å². The number of nitrogens with one attached hydrogen (secondary N) is 2. The van der Waals surface area contributed by atoms with E-state index >= 15 is 0 Å². The molecule has 3 atom stereocenters. The summed E-state index contributed by atoms with van der Waals surface area (Å²) in [6, 6.07) is 10.2. The zero-order valence-electron chi connectivity index (χ0n) is 14.0. The van der Waals surface area contributed by atoms with Crippen LogP contribution in [0.3, 0.4) is 0 Å². The average Bonchev–Trinajstić information content (AvgIpc) is 2.55. The Balaban J connectivity index is 2.15. The van der Waals surface area contributed by atoms with E-state index in [2.05, 4.69) is 48.4 Å². The van der Waals surface area contributed by atoms with Crippen LogP contribution in [0.4, 0.5) is 0 Å². The quantitative estimate of drug-likeness (QED) is 0.846. The van der Waals surface area contributed by atoms with Gasteiger partial charge in [-0.25, -0.2) is 0 Å². The van der Waals surface area contributed by atoms with Crippen molar-refractivity contribution in [2.75, 3.05) is 26.2 Å². The number of carbonyl (C=O) groups excluding carboxylic acids is 1. The van der Waals surface area contributed by atoms with Crippen LogP contribution in [0.1, 0.15) is 38.8 Å². The lowest BCUT2D eigenvalue weighted by molar-refractivity contribution is -0.127. The molecule has 0 bridgehead atoms. The lowest BCUT2D eigenvalue weighted by Gasteiger charge is -2.34. The molecule has 1 amide bonds. The first-order chi connectivity index (χ1) is 10.7. The molecule has 1 heterocycles. The second-order valence-corrected chi connectivity index (χ2v) is 6.12. The maximum Gasteiger partial charge on any atom is 0.242 e. The number of hydrogen-bond donors (Lipinski definition) is 2. The van der Waals surface area contributed by atoms with Gasteiger partial charge in [-0.3, -0.25) is 9.69 Å². The van der Waals surface area contributed by atoms with E-state index in [-0.39, 0.29) is 18.0 Å². The van der Waals surface area contributed by atoms with Crippen molar-refractivity contribution >= 4 is 5.91 Å². The first-order valence-corrected chi connectivity index (χ1v) is 8.47. The fourth-order valence-corrected chi connectivity index (χ4v) is 3.24. The number of nitrogens with zero attached hydrogens (tertiary/aromatic N) is 1. The Kier molecular flexibility index (Phi) is 6.40. The molecule has 0 aromatic heterocycles. The predicted molar refractivity (Wildman–Crippen MR) is 90.7 cm³/mol. The van der Waals surface area contributed by atoms with Crippen molar-refractivity contribution in [2.45, 2.75) is 39.3 Å². The molecule has 2 N–H and O–H groups in total. The minimum Gasteiger partial charge on any atom is -0.351 e. The zero-order chi connectivity index (χ0) is 15.9. The number of amides is 1. The van der Waals surface area contributed by atoms with Crippen LogP contribution in [0.15, 0.2) is 30.3 Å². The highest BCUT2D eigenvalue weighted by atomic mass is 16.2. The van der Waals surface area contributed by atoms with Gasteiger partial charge in [-0.2, -0.15) is 0 Å². The summed E-state index contributed by atoms with van der Waals surface area (Å²) < 4.78 is 0. The van der Waals surface area contributed by atoms with Crippen LogP contribution < -0.4 is 10.6 Å². The number of rotatable bonds is 6. The molecular formula is C18H29N3O. The molecule has 1 aliphatic rings. The molecule has 22 heavy (non-hydrogen) atoms. The SMILES string of the molecule is CCN(CC)C(C(=O)NC1CCNCC1C)c1ccccc1. The molecule has 0 spiro atoms. The zero-order valence-corrected chi connectivity index (χ0v) is 14.0. The minimum atomic E-state index is -0.196. The molecule has 122 valence electrons. The van der Waals surface area contributed by atoms with Crippen LogP contribution in [-0.2, 0) is 4.79 Å². The Morgan fingerprint density at radius 2 is 2.00 bits per heavy atom. The molecule has 0 radical (unpaired) electrons. The molecule has 0 aliphatic carbocycles. The van der Waals surface area contributed by atoms with Crippen molar-refractivity contribution in [3.8, 4) is 0 Å². The number of carbonyl (C=O) groups is 1. The highest BCUT2D eigenvalue weighted by Crippen LogP contribution is 2.22. The normalized spacial score (nSPS) is 23.3. The Labute approximate surface area is 134 Å². The van der Waals surface area contributed by atoms with Crippen LogP contribution in [0.25, 0.3) is 0 Å². The Bertz CT molecular complexity index is 459. The van der Waals surface area contributed by atoms with E-state index in [1.807, 2.05) is 18.2 Å². The van der Waals surface area contributed by atoms with Crippen LogP contribution in [0.5, 0.6) is 0 Å². The second-order valence-electron chi connectivity index (χ2n) is 6.12. The van der Waals surface area contributed by atoms with Gasteiger partial charge >= 0.3 is 0 Å². The summed E-state index contributed by atoms with van der Waals surface area (Å²) >= 11 is 0. The third kappa shape index (κ3) is 4.08. The van der Waals surface area contributed by atoms with Gasteiger partial charge in [0, 0.05) is 6.04 Å². The first-order valence-electron chi connectivity index (χ1n) is 8.47. The van der Waals surface area contributed by atoms with Gasteiger partial charge in [0.15, 0.2) is 0 Å². The molecule has 1 aliphatic heterocycles. The summed E-state index contributed by atoms with van der Waals surface area (Å²) in [6.07, 6.45) is 1.01. The third-order valence-electron chi connectivity index (χ3n) is 4.65.